The van der Waals surface area contributed by atoms with Gasteiger partial charge in [-0.05, 0) is 13.0 Å². The van der Waals surface area contributed by atoms with Crippen molar-refractivity contribution in [2.24, 2.45) is 5.73 Å². The number of hydrogen-bond acceptors (Lipinski definition) is 4. The van der Waals surface area contributed by atoms with Crippen molar-refractivity contribution < 1.29 is 0 Å². The zero-order valence-electron chi connectivity index (χ0n) is 8.67. The molecule has 2 aromatic rings. The number of nitrogens with zero attached hydrogens (tertiary/aromatic N) is 5. The summed E-state index contributed by atoms with van der Waals surface area (Å²) in [5.74, 6) is 0. The Hall–Kier alpha value is -1.69. The Labute approximate surface area is 87.7 Å². The number of rotatable bonds is 4. The summed E-state index contributed by atoms with van der Waals surface area (Å²) < 4.78 is 3.62. The van der Waals surface area contributed by atoms with E-state index in [2.05, 4.69) is 15.4 Å². The largest absolute Gasteiger partial charge is 0.329 e. The van der Waals surface area contributed by atoms with Crippen molar-refractivity contribution in [3.05, 3.63) is 18.5 Å². The number of aryl methyl sites for hydroxylation is 1. The van der Waals surface area contributed by atoms with Gasteiger partial charge in [0.1, 0.15) is 5.69 Å². The van der Waals surface area contributed by atoms with Crippen molar-refractivity contribution in [1.29, 1.82) is 0 Å². The molecule has 6 nitrogen and oxygen atoms in total. The van der Waals surface area contributed by atoms with Crippen molar-refractivity contribution in [2.75, 3.05) is 6.54 Å². The van der Waals surface area contributed by atoms with E-state index in [1.54, 1.807) is 10.9 Å². The highest BCUT2D eigenvalue weighted by molar-refractivity contribution is 5.51. The predicted octanol–water partition coefficient (Wildman–Crippen LogP) is 0.120. The molecule has 0 aliphatic carbocycles. The van der Waals surface area contributed by atoms with Crippen LogP contribution in [0.5, 0.6) is 0 Å². The lowest BCUT2D eigenvalue weighted by Gasteiger charge is -1.99. The summed E-state index contributed by atoms with van der Waals surface area (Å²) in [6.07, 6.45) is 3.65. The Balaban J connectivity index is 2.28. The van der Waals surface area contributed by atoms with Gasteiger partial charge in [0, 0.05) is 19.3 Å². The van der Waals surface area contributed by atoms with Crippen molar-refractivity contribution in [1.82, 2.24) is 24.8 Å². The molecule has 0 bridgehead atoms. The van der Waals surface area contributed by atoms with Crippen LogP contribution in [0, 0.1) is 0 Å². The molecule has 0 aliphatic rings. The van der Waals surface area contributed by atoms with Crippen LogP contribution in [-0.2, 0) is 13.1 Å². The first-order valence-electron chi connectivity index (χ1n) is 4.97. The van der Waals surface area contributed by atoms with E-state index in [0.29, 0.717) is 13.1 Å². The molecule has 0 aliphatic heterocycles. The van der Waals surface area contributed by atoms with E-state index in [-0.39, 0.29) is 0 Å². The van der Waals surface area contributed by atoms with Crippen LogP contribution in [0.4, 0.5) is 0 Å². The molecule has 0 unspecified atom stereocenters. The van der Waals surface area contributed by atoms with Gasteiger partial charge in [-0.1, -0.05) is 5.21 Å². The maximum absolute atomic E-state index is 5.44. The Morgan fingerprint density at radius 1 is 1.47 bits per heavy atom. The second-order valence-corrected chi connectivity index (χ2v) is 3.19. The molecule has 80 valence electrons. The van der Waals surface area contributed by atoms with Gasteiger partial charge in [-0.15, -0.1) is 5.10 Å². The quantitative estimate of drug-likeness (QED) is 0.771. The first-order chi connectivity index (χ1) is 7.35. The Morgan fingerprint density at radius 3 is 3.07 bits per heavy atom. The molecule has 0 radical (unpaired) electrons. The van der Waals surface area contributed by atoms with Crippen molar-refractivity contribution in [3.63, 3.8) is 0 Å². The number of nitrogens with two attached hydrogens (primary N) is 1. The molecule has 6 heteroatoms. The second kappa shape index (κ2) is 4.22. The standard InChI is InChI=1S/C9H14N6/c1-2-15-9(3-5-11-15)8-7-14(6-4-10)13-12-8/h3,5,7H,2,4,6,10H2,1H3. The molecule has 2 heterocycles. The topological polar surface area (TPSA) is 74.5 Å². The lowest BCUT2D eigenvalue weighted by atomic mass is 10.3. The Bertz CT molecular complexity index is 429. The van der Waals surface area contributed by atoms with Gasteiger partial charge >= 0.3 is 0 Å². The van der Waals surface area contributed by atoms with Crippen molar-refractivity contribution in [2.45, 2.75) is 20.0 Å². The monoisotopic (exact) mass is 206 g/mol. The Kier molecular flexibility index (Phi) is 2.77. The minimum Gasteiger partial charge on any atom is -0.329 e. The zero-order chi connectivity index (χ0) is 10.7. The minimum absolute atomic E-state index is 0.565. The summed E-state index contributed by atoms with van der Waals surface area (Å²) in [6, 6.07) is 1.93. The molecule has 2 rings (SSSR count). The van der Waals surface area contributed by atoms with Crippen LogP contribution in [0.2, 0.25) is 0 Å². The summed E-state index contributed by atoms with van der Waals surface area (Å²) >= 11 is 0. The summed E-state index contributed by atoms with van der Waals surface area (Å²) in [5, 5.41) is 12.2. The lowest BCUT2D eigenvalue weighted by molar-refractivity contribution is 0.598. The van der Waals surface area contributed by atoms with Gasteiger partial charge < -0.3 is 5.73 Å². The molecule has 0 saturated carbocycles. The van der Waals surface area contributed by atoms with Gasteiger partial charge in [0.25, 0.3) is 0 Å². The van der Waals surface area contributed by atoms with E-state index in [9.17, 15) is 0 Å². The zero-order valence-corrected chi connectivity index (χ0v) is 8.67. The highest BCUT2D eigenvalue weighted by atomic mass is 15.4. The van der Waals surface area contributed by atoms with Gasteiger partial charge in [0.15, 0.2) is 0 Å². The normalized spacial score (nSPS) is 10.8. The Morgan fingerprint density at radius 2 is 2.33 bits per heavy atom. The van der Waals surface area contributed by atoms with Gasteiger partial charge in [0.2, 0.25) is 0 Å². The summed E-state index contributed by atoms with van der Waals surface area (Å²) in [4.78, 5) is 0. The molecule has 2 aromatic heterocycles. The minimum atomic E-state index is 0.565. The SMILES string of the molecule is CCn1nccc1-c1cn(CCN)nn1. The van der Waals surface area contributed by atoms with E-state index in [0.717, 1.165) is 17.9 Å². The maximum Gasteiger partial charge on any atom is 0.131 e. The smallest absolute Gasteiger partial charge is 0.131 e. The molecule has 0 amide bonds. The molecule has 0 atom stereocenters. The number of hydrogen-bond donors (Lipinski definition) is 1. The summed E-state index contributed by atoms with van der Waals surface area (Å²) in [5.41, 5.74) is 7.26. The van der Waals surface area contributed by atoms with E-state index in [1.807, 2.05) is 23.9 Å². The predicted molar refractivity (Wildman–Crippen MR) is 56.0 cm³/mol. The molecule has 0 aromatic carbocycles. The van der Waals surface area contributed by atoms with E-state index >= 15 is 0 Å². The van der Waals surface area contributed by atoms with Crippen LogP contribution in [0.25, 0.3) is 11.4 Å². The third-order valence-corrected chi connectivity index (χ3v) is 2.18. The van der Waals surface area contributed by atoms with Crippen LogP contribution in [-0.4, -0.2) is 31.3 Å². The van der Waals surface area contributed by atoms with Crippen LogP contribution in [0.3, 0.4) is 0 Å². The molecule has 0 spiro atoms. The van der Waals surface area contributed by atoms with Gasteiger partial charge in [-0.25, -0.2) is 0 Å². The van der Waals surface area contributed by atoms with E-state index < -0.39 is 0 Å². The first-order valence-corrected chi connectivity index (χ1v) is 4.97. The maximum atomic E-state index is 5.44. The summed E-state index contributed by atoms with van der Waals surface area (Å²) in [7, 11) is 0. The molecular weight excluding hydrogens is 192 g/mol. The third kappa shape index (κ3) is 1.89. The fourth-order valence-electron chi connectivity index (χ4n) is 1.46. The van der Waals surface area contributed by atoms with E-state index in [4.69, 9.17) is 5.73 Å². The fourth-order valence-corrected chi connectivity index (χ4v) is 1.46. The third-order valence-electron chi connectivity index (χ3n) is 2.18. The average molecular weight is 206 g/mol. The molecule has 0 saturated heterocycles. The van der Waals surface area contributed by atoms with E-state index in [1.165, 1.54) is 0 Å². The second-order valence-electron chi connectivity index (χ2n) is 3.19. The van der Waals surface area contributed by atoms with Crippen LogP contribution < -0.4 is 5.73 Å². The molecular formula is C9H14N6. The van der Waals surface area contributed by atoms with Crippen molar-refractivity contribution >= 4 is 0 Å². The number of aromatic nitrogens is 5. The molecule has 15 heavy (non-hydrogen) atoms. The van der Waals surface area contributed by atoms with Gasteiger partial charge in [-0.3, -0.25) is 9.36 Å². The van der Waals surface area contributed by atoms with Crippen LogP contribution >= 0.6 is 0 Å². The summed E-state index contributed by atoms with van der Waals surface area (Å²) in [6.45, 7) is 4.12. The molecule has 0 fully saturated rings. The highest BCUT2D eigenvalue weighted by Crippen LogP contribution is 2.14. The lowest BCUT2D eigenvalue weighted by Crippen LogP contribution is -2.10. The van der Waals surface area contributed by atoms with Crippen LogP contribution in [0.15, 0.2) is 18.5 Å². The highest BCUT2D eigenvalue weighted by Gasteiger charge is 2.07. The van der Waals surface area contributed by atoms with Gasteiger partial charge in [0.05, 0.1) is 18.4 Å². The fraction of sp³-hybridized carbons (Fsp3) is 0.444. The van der Waals surface area contributed by atoms with Crippen molar-refractivity contribution in [3.8, 4) is 11.4 Å². The van der Waals surface area contributed by atoms with Crippen LogP contribution in [0.1, 0.15) is 6.92 Å². The average Bonchev–Trinajstić information content (AvgIpc) is 2.84. The molecule has 2 N–H and O–H groups in total. The van der Waals surface area contributed by atoms with Gasteiger partial charge in [-0.2, -0.15) is 5.10 Å². The first kappa shape index (κ1) is 9.85.